The van der Waals surface area contributed by atoms with Crippen molar-refractivity contribution in [1.29, 1.82) is 0 Å². The fourth-order valence-corrected chi connectivity index (χ4v) is 5.49. The summed E-state index contributed by atoms with van der Waals surface area (Å²) in [6.07, 6.45) is 6.35. The van der Waals surface area contributed by atoms with E-state index in [1.54, 1.807) is 11.6 Å². The lowest BCUT2D eigenvalue weighted by molar-refractivity contribution is 0.101. The zero-order valence-electron chi connectivity index (χ0n) is 16.8. The molecule has 1 aliphatic heterocycles. The van der Waals surface area contributed by atoms with Crippen molar-refractivity contribution >= 4 is 32.5 Å². The summed E-state index contributed by atoms with van der Waals surface area (Å²) >= 11 is 0. The fourth-order valence-electron chi connectivity index (χ4n) is 3.90. The van der Waals surface area contributed by atoms with Crippen LogP contribution in [0.2, 0.25) is 0 Å². The first-order chi connectivity index (χ1) is 13.9. The Labute approximate surface area is 171 Å². The van der Waals surface area contributed by atoms with E-state index in [0.29, 0.717) is 24.5 Å². The van der Waals surface area contributed by atoms with E-state index < -0.39 is 10.0 Å². The van der Waals surface area contributed by atoms with Gasteiger partial charge in [-0.3, -0.25) is 4.79 Å². The molecule has 0 unspecified atom stereocenters. The number of aryl methyl sites for hydroxylation is 2. The second kappa shape index (κ2) is 7.68. The average Bonchev–Trinajstić information content (AvgIpc) is 3.32. The predicted octanol–water partition coefficient (Wildman–Crippen LogP) is 3.43. The summed E-state index contributed by atoms with van der Waals surface area (Å²) in [4.78, 5) is 13.0. The summed E-state index contributed by atoms with van der Waals surface area (Å²) in [6.45, 7) is 4.04. The predicted molar refractivity (Wildman–Crippen MR) is 114 cm³/mol. The highest BCUT2D eigenvalue weighted by Gasteiger charge is 2.28. The Kier molecular flexibility index (Phi) is 5.23. The van der Waals surface area contributed by atoms with Crippen molar-refractivity contribution in [3.63, 3.8) is 0 Å². The van der Waals surface area contributed by atoms with Crippen LogP contribution in [0.5, 0.6) is 0 Å². The molecule has 29 heavy (non-hydrogen) atoms. The van der Waals surface area contributed by atoms with Gasteiger partial charge in [-0.2, -0.15) is 4.31 Å². The van der Waals surface area contributed by atoms with Crippen LogP contribution in [-0.4, -0.2) is 40.9 Å². The van der Waals surface area contributed by atoms with Gasteiger partial charge < -0.3 is 14.5 Å². The van der Waals surface area contributed by atoms with Gasteiger partial charge in [0.25, 0.3) is 5.91 Å². The molecule has 8 heteroatoms. The van der Waals surface area contributed by atoms with Gasteiger partial charge in [0, 0.05) is 55.7 Å². The quantitative estimate of drug-likeness (QED) is 0.695. The van der Waals surface area contributed by atoms with Crippen LogP contribution >= 0.6 is 0 Å². The van der Waals surface area contributed by atoms with Crippen molar-refractivity contribution in [2.45, 2.75) is 37.6 Å². The molecule has 3 heterocycles. The van der Waals surface area contributed by atoms with E-state index in [-0.39, 0.29) is 10.8 Å². The van der Waals surface area contributed by atoms with Gasteiger partial charge in [0.2, 0.25) is 10.0 Å². The molecule has 1 fully saturated rings. The smallest absolute Gasteiger partial charge is 0.272 e. The normalized spacial score (nSPS) is 15.7. The molecule has 1 N–H and O–H groups in total. The number of hydrogen-bond donors (Lipinski definition) is 1. The SMILES string of the molecule is CCn1ccc2cc(NC(=O)c3cc(S(=O)(=O)N4CCCCC4)cn3C)ccc21. The van der Waals surface area contributed by atoms with Crippen LogP contribution < -0.4 is 5.32 Å². The summed E-state index contributed by atoms with van der Waals surface area (Å²) < 4.78 is 31.0. The number of anilines is 1. The third-order valence-electron chi connectivity index (χ3n) is 5.53. The number of fused-ring (bicyclic) bond motifs is 1. The first-order valence-electron chi connectivity index (χ1n) is 9.97. The zero-order valence-corrected chi connectivity index (χ0v) is 17.6. The van der Waals surface area contributed by atoms with Gasteiger partial charge in [-0.25, -0.2) is 8.42 Å². The van der Waals surface area contributed by atoms with Crippen LogP contribution in [0.4, 0.5) is 5.69 Å². The van der Waals surface area contributed by atoms with Crippen LogP contribution in [0.15, 0.2) is 47.6 Å². The number of aromatic nitrogens is 2. The minimum Gasteiger partial charge on any atom is -0.348 e. The molecule has 0 spiro atoms. The van der Waals surface area contributed by atoms with Crippen LogP contribution in [0.3, 0.4) is 0 Å². The maximum absolute atomic E-state index is 12.9. The molecule has 2 aromatic heterocycles. The highest BCUT2D eigenvalue weighted by atomic mass is 32.2. The van der Waals surface area contributed by atoms with E-state index in [0.717, 1.165) is 36.7 Å². The van der Waals surface area contributed by atoms with E-state index in [2.05, 4.69) is 16.8 Å². The first kappa shape index (κ1) is 19.7. The largest absolute Gasteiger partial charge is 0.348 e. The maximum Gasteiger partial charge on any atom is 0.272 e. The van der Waals surface area contributed by atoms with Crippen LogP contribution in [-0.2, 0) is 23.6 Å². The number of rotatable bonds is 5. The Hall–Kier alpha value is -2.58. The highest BCUT2D eigenvalue weighted by Crippen LogP contribution is 2.24. The molecule has 1 aliphatic rings. The van der Waals surface area contributed by atoms with E-state index in [1.165, 1.54) is 16.6 Å². The van der Waals surface area contributed by atoms with Crippen molar-refractivity contribution in [2.75, 3.05) is 18.4 Å². The maximum atomic E-state index is 12.9. The van der Waals surface area contributed by atoms with Gasteiger partial charge >= 0.3 is 0 Å². The third-order valence-corrected chi connectivity index (χ3v) is 7.40. The molecule has 0 atom stereocenters. The number of hydrogen-bond acceptors (Lipinski definition) is 3. The number of carbonyl (C=O) groups excluding carboxylic acids is 1. The van der Waals surface area contributed by atoms with Gasteiger partial charge in [0.15, 0.2) is 0 Å². The van der Waals surface area contributed by atoms with Crippen LogP contribution in [0.1, 0.15) is 36.7 Å². The van der Waals surface area contributed by atoms with E-state index in [1.807, 2.05) is 30.5 Å². The molecule has 0 aliphatic carbocycles. The Morgan fingerprint density at radius 2 is 1.86 bits per heavy atom. The molecule has 0 bridgehead atoms. The minimum atomic E-state index is -3.57. The van der Waals surface area contributed by atoms with Gasteiger partial charge in [-0.05, 0) is 50.1 Å². The summed E-state index contributed by atoms with van der Waals surface area (Å²) in [6, 6.07) is 9.24. The topological polar surface area (TPSA) is 76.3 Å². The number of piperidine rings is 1. The summed E-state index contributed by atoms with van der Waals surface area (Å²) in [5, 5.41) is 3.93. The summed E-state index contributed by atoms with van der Waals surface area (Å²) in [5.41, 5.74) is 2.10. The number of nitrogens with zero attached hydrogens (tertiary/aromatic N) is 3. The van der Waals surface area contributed by atoms with E-state index in [9.17, 15) is 13.2 Å². The molecule has 0 saturated carbocycles. The molecule has 1 aromatic carbocycles. The Morgan fingerprint density at radius 3 is 2.59 bits per heavy atom. The second-order valence-electron chi connectivity index (χ2n) is 7.47. The Morgan fingerprint density at radius 1 is 1.10 bits per heavy atom. The van der Waals surface area contributed by atoms with Crippen LogP contribution in [0, 0.1) is 0 Å². The molecule has 0 radical (unpaired) electrons. The second-order valence-corrected chi connectivity index (χ2v) is 9.40. The fraction of sp³-hybridized carbons (Fsp3) is 0.381. The Balaban J connectivity index is 1.56. The lowest BCUT2D eigenvalue weighted by Gasteiger charge is -2.25. The molecular formula is C21H26N4O3S. The minimum absolute atomic E-state index is 0.169. The first-order valence-corrected chi connectivity index (χ1v) is 11.4. The van der Waals surface area contributed by atoms with Crippen molar-refractivity contribution in [1.82, 2.24) is 13.4 Å². The molecule has 3 aromatic rings. The van der Waals surface area contributed by atoms with Crippen molar-refractivity contribution in [2.24, 2.45) is 7.05 Å². The zero-order chi connectivity index (χ0) is 20.6. The number of carbonyl (C=O) groups is 1. The lowest BCUT2D eigenvalue weighted by atomic mass is 10.2. The van der Waals surface area contributed by atoms with E-state index >= 15 is 0 Å². The van der Waals surface area contributed by atoms with Crippen molar-refractivity contribution < 1.29 is 13.2 Å². The van der Waals surface area contributed by atoms with Gasteiger partial charge in [-0.15, -0.1) is 0 Å². The average molecular weight is 415 g/mol. The summed E-state index contributed by atoms with van der Waals surface area (Å²) in [5.74, 6) is -0.332. The highest BCUT2D eigenvalue weighted by molar-refractivity contribution is 7.89. The summed E-state index contributed by atoms with van der Waals surface area (Å²) in [7, 11) is -1.88. The van der Waals surface area contributed by atoms with Crippen LogP contribution in [0.25, 0.3) is 10.9 Å². The Bertz CT molecular complexity index is 1150. The molecule has 1 amide bonds. The van der Waals surface area contributed by atoms with Crippen molar-refractivity contribution in [3.8, 4) is 0 Å². The lowest BCUT2D eigenvalue weighted by Crippen LogP contribution is -2.35. The molecular weight excluding hydrogens is 388 g/mol. The molecule has 4 rings (SSSR count). The van der Waals surface area contributed by atoms with Crippen molar-refractivity contribution in [3.05, 3.63) is 48.4 Å². The standard InChI is InChI=1S/C21H26N4O3S/c1-3-24-12-9-16-13-17(7-8-19(16)24)22-21(26)20-14-18(15-23(20)2)29(27,28)25-10-5-4-6-11-25/h7-9,12-15H,3-6,10-11H2,1-2H3,(H,22,26). The number of amides is 1. The van der Waals surface area contributed by atoms with E-state index in [4.69, 9.17) is 0 Å². The third kappa shape index (κ3) is 3.70. The van der Waals surface area contributed by atoms with Gasteiger partial charge in [0.05, 0.1) is 0 Å². The molecule has 7 nitrogen and oxygen atoms in total. The van der Waals surface area contributed by atoms with Gasteiger partial charge in [-0.1, -0.05) is 6.42 Å². The number of benzene rings is 1. The van der Waals surface area contributed by atoms with Gasteiger partial charge in [0.1, 0.15) is 10.6 Å². The molecule has 1 saturated heterocycles. The number of sulfonamides is 1. The molecule has 154 valence electrons. The number of nitrogens with one attached hydrogen (secondary N) is 1. The monoisotopic (exact) mass is 414 g/mol.